The van der Waals surface area contributed by atoms with E-state index in [1.54, 1.807) is 23.8 Å². The van der Waals surface area contributed by atoms with E-state index < -0.39 is 5.82 Å². The number of carbonyl (C=O) groups is 1. The van der Waals surface area contributed by atoms with Crippen molar-refractivity contribution in [1.29, 1.82) is 0 Å². The zero-order valence-corrected chi connectivity index (χ0v) is 16.4. The Hall–Kier alpha value is -3.56. The van der Waals surface area contributed by atoms with Crippen molar-refractivity contribution in [1.82, 2.24) is 14.6 Å². The third-order valence-electron chi connectivity index (χ3n) is 5.04. The Labute approximate surface area is 171 Å². The predicted octanol–water partition coefficient (Wildman–Crippen LogP) is 3.16. The van der Waals surface area contributed by atoms with Gasteiger partial charge < -0.3 is 25.4 Å². The van der Waals surface area contributed by atoms with Crippen LogP contribution in [0, 0.1) is 11.7 Å². The van der Waals surface area contributed by atoms with Crippen LogP contribution in [-0.4, -0.2) is 40.8 Å². The average Bonchev–Trinajstić information content (AvgIpc) is 3.46. The summed E-state index contributed by atoms with van der Waals surface area (Å²) in [5.41, 5.74) is 1.39. The number of ether oxygens (including phenoxy) is 2. The molecule has 1 aliphatic heterocycles. The number of rotatable bonds is 6. The molecular weight excluding hydrogens is 391 g/mol. The molecular formula is C20H21FN6O3. The molecule has 10 heteroatoms. The van der Waals surface area contributed by atoms with Gasteiger partial charge in [-0.05, 0) is 18.8 Å². The van der Waals surface area contributed by atoms with E-state index in [4.69, 9.17) is 9.47 Å². The summed E-state index contributed by atoms with van der Waals surface area (Å²) in [7, 11) is 1.76. The van der Waals surface area contributed by atoms with E-state index in [0.29, 0.717) is 65.7 Å². The fourth-order valence-corrected chi connectivity index (χ4v) is 3.43. The van der Waals surface area contributed by atoms with Crippen molar-refractivity contribution in [3.63, 3.8) is 0 Å². The molecule has 9 nitrogen and oxygen atoms in total. The number of nitrogens with zero attached hydrogens (tertiary/aromatic N) is 3. The number of anilines is 4. The summed E-state index contributed by atoms with van der Waals surface area (Å²) in [6.07, 6.45) is 4.27. The average molecular weight is 412 g/mol. The molecule has 0 radical (unpaired) electrons. The van der Waals surface area contributed by atoms with Gasteiger partial charge in [0.15, 0.2) is 17.1 Å². The van der Waals surface area contributed by atoms with Gasteiger partial charge in [0.1, 0.15) is 36.4 Å². The number of nitrogens with one attached hydrogen (secondary N) is 3. The van der Waals surface area contributed by atoms with Crippen LogP contribution in [0.25, 0.3) is 5.65 Å². The molecule has 0 unspecified atom stereocenters. The molecule has 3 N–H and O–H groups in total. The van der Waals surface area contributed by atoms with Gasteiger partial charge in [0.2, 0.25) is 5.91 Å². The molecule has 3 aromatic rings. The van der Waals surface area contributed by atoms with Crippen molar-refractivity contribution < 1.29 is 18.7 Å². The van der Waals surface area contributed by atoms with Gasteiger partial charge in [-0.15, -0.1) is 0 Å². The predicted molar refractivity (Wildman–Crippen MR) is 109 cm³/mol. The molecule has 1 aromatic carbocycles. The number of hydrogen-bond acceptors (Lipinski definition) is 7. The first-order valence-corrected chi connectivity index (χ1v) is 9.83. The minimum atomic E-state index is -0.450. The topological polar surface area (TPSA) is 102 Å². The Balaban J connectivity index is 1.49. The number of benzene rings is 1. The van der Waals surface area contributed by atoms with Crippen molar-refractivity contribution in [2.24, 2.45) is 5.92 Å². The maximum absolute atomic E-state index is 14.1. The summed E-state index contributed by atoms with van der Waals surface area (Å²) in [4.78, 5) is 16.8. The van der Waals surface area contributed by atoms with Gasteiger partial charge in [-0.3, -0.25) is 4.79 Å². The highest BCUT2D eigenvalue weighted by Crippen LogP contribution is 2.40. The molecule has 2 aromatic heterocycles. The molecule has 3 heterocycles. The highest BCUT2D eigenvalue weighted by molar-refractivity contribution is 5.94. The Bertz CT molecular complexity index is 1130. The van der Waals surface area contributed by atoms with Gasteiger partial charge in [-0.1, -0.05) is 0 Å². The van der Waals surface area contributed by atoms with Crippen LogP contribution in [0.3, 0.4) is 0 Å². The summed E-state index contributed by atoms with van der Waals surface area (Å²) in [5, 5.41) is 13.4. The van der Waals surface area contributed by atoms with Crippen molar-refractivity contribution in [2.45, 2.75) is 19.3 Å². The zero-order chi connectivity index (χ0) is 20.7. The van der Waals surface area contributed by atoms with E-state index in [9.17, 15) is 9.18 Å². The summed E-state index contributed by atoms with van der Waals surface area (Å²) < 4.78 is 26.8. The van der Waals surface area contributed by atoms with Crippen LogP contribution in [-0.2, 0) is 4.79 Å². The molecule has 0 atom stereocenters. The standard InChI is InChI=1S/C20H21FN6O3/c1-22-17-9-16(24-13-7-12(21)8-15-19(13)30-5-4-29-15)26-20-14(10-23-27(17)20)25-18(28)6-11-2-3-11/h7-11,22H,2-6H2,1H3,(H,24,26)(H,25,28). The van der Waals surface area contributed by atoms with Gasteiger partial charge in [0, 0.05) is 31.7 Å². The molecule has 2 aliphatic rings. The highest BCUT2D eigenvalue weighted by Gasteiger charge is 2.25. The van der Waals surface area contributed by atoms with E-state index in [2.05, 4.69) is 26.0 Å². The molecule has 1 saturated carbocycles. The first-order valence-electron chi connectivity index (χ1n) is 9.83. The van der Waals surface area contributed by atoms with Crippen LogP contribution in [0.2, 0.25) is 0 Å². The van der Waals surface area contributed by atoms with Crippen LogP contribution in [0.4, 0.5) is 27.4 Å². The zero-order valence-electron chi connectivity index (χ0n) is 16.4. The number of fused-ring (bicyclic) bond motifs is 2. The summed E-state index contributed by atoms with van der Waals surface area (Å²) >= 11 is 0. The fourth-order valence-electron chi connectivity index (χ4n) is 3.43. The Kier molecular flexibility index (Phi) is 4.53. The first kappa shape index (κ1) is 18.5. The van der Waals surface area contributed by atoms with Gasteiger partial charge in [0.25, 0.3) is 0 Å². The molecule has 0 bridgehead atoms. The van der Waals surface area contributed by atoms with Gasteiger partial charge in [-0.25, -0.2) is 9.37 Å². The molecule has 1 aliphatic carbocycles. The molecule has 0 saturated heterocycles. The minimum Gasteiger partial charge on any atom is -0.486 e. The second kappa shape index (κ2) is 7.36. The lowest BCUT2D eigenvalue weighted by atomic mass is 10.2. The van der Waals surface area contributed by atoms with Crippen LogP contribution in [0.5, 0.6) is 11.5 Å². The summed E-state index contributed by atoms with van der Waals surface area (Å²) in [6, 6.07) is 4.35. The lowest BCUT2D eigenvalue weighted by molar-refractivity contribution is -0.116. The molecule has 1 fully saturated rings. The fraction of sp³-hybridized carbons (Fsp3) is 0.350. The minimum absolute atomic E-state index is 0.0525. The van der Waals surface area contributed by atoms with Gasteiger partial charge >= 0.3 is 0 Å². The quantitative estimate of drug-likeness (QED) is 0.572. The lowest BCUT2D eigenvalue weighted by Gasteiger charge is -2.21. The maximum Gasteiger partial charge on any atom is 0.224 e. The number of aromatic nitrogens is 3. The Morgan fingerprint density at radius 2 is 2.07 bits per heavy atom. The normalized spacial score (nSPS) is 15.1. The van der Waals surface area contributed by atoms with Crippen molar-refractivity contribution in [3.05, 3.63) is 30.2 Å². The van der Waals surface area contributed by atoms with E-state index in [0.717, 1.165) is 12.8 Å². The van der Waals surface area contributed by atoms with E-state index in [-0.39, 0.29) is 5.91 Å². The van der Waals surface area contributed by atoms with Crippen LogP contribution in [0.15, 0.2) is 24.4 Å². The van der Waals surface area contributed by atoms with Crippen molar-refractivity contribution in [3.8, 4) is 11.5 Å². The van der Waals surface area contributed by atoms with Gasteiger partial charge in [-0.2, -0.15) is 9.61 Å². The lowest BCUT2D eigenvalue weighted by Crippen LogP contribution is -2.16. The van der Waals surface area contributed by atoms with Crippen LogP contribution in [0.1, 0.15) is 19.3 Å². The third-order valence-corrected chi connectivity index (χ3v) is 5.04. The molecule has 5 rings (SSSR count). The second-order valence-electron chi connectivity index (χ2n) is 7.37. The second-order valence-corrected chi connectivity index (χ2v) is 7.37. The van der Waals surface area contributed by atoms with Crippen molar-refractivity contribution in [2.75, 3.05) is 36.2 Å². The number of amides is 1. The summed E-state index contributed by atoms with van der Waals surface area (Å²) in [6.45, 7) is 0.741. The molecule has 30 heavy (non-hydrogen) atoms. The highest BCUT2D eigenvalue weighted by atomic mass is 19.1. The molecule has 1 amide bonds. The number of halogens is 1. The van der Waals surface area contributed by atoms with Gasteiger partial charge in [0.05, 0.1) is 11.9 Å². The SMILES string of the molecule is CNc1cc(Nc2cc(F)cc3c2OCCO3)nc2c(NC(=O)CC3CC3)cnn12. The Morgan fingerprint density at radius 3 is 2.87 bits per heavy atom. The van der Waals surface area contributed by atoms with E-state index in [1.807, 2.05) is 0 Å². The molecule has 156 valence electrons. The van der Waals surface area contributed by atoms with E-state index >= 15 is 0 Å². The smallest absolute Gasteiger partial charge is 0.224 e. The maximum atomic E-state index is 14.1. The van der Waals surface area contributed by atoms with Crippen molar-refractivity contribution >= 4 is 34.6 Å². The first-order chi connectivity index (χ1) is 14.6. The monoisotopic (exact) mass is 412 g/mol. The number of hydrogen-bond donors (Lipinski definition) is 3. The largest absolute Gasteiger partial charge is 0.486 e. The molecule has 0 spiro atoms. The third kappa shape index (κ3) is 3.56. The van der Waals surface area contributed by atoms with Crippen LogP contribution >= 0.6 is 0 Å². The number of carbonyl (C=O) groups excluding carboxylic acids is 1. The van der Waals surface area contributed by atoms with Crippen LogP contribution < -0.4 is 25.4 Å². The Morgan fingerprint density at radius 1 is 1.23 bits per heavy atom. The van der Waals surface area contributed by atoms with E-state index in [1.165, 1.54) is 12.1 Å². The summed E-state index contributed by atoms with van der Waals surface area (Å²) in [5.74, 6) is 1.83.